The molecular weight excluding hydrogens is 434 g/mol. The molecule has 2 heterocycles. The lowest BCUT2D eigenvalue weighted by atomic mass is 10.1. The Morgan fingerprint density at radius 3 is 2.77 bits per heavy atom. The number of nitriles is 1. The fourth-order valence-electron chi connectivity index (χ4n) is 3.24. The van der Waals surface area contributed by atoms with Gasteiger partial charge in [-0.2, -0.15) is 5.26 Å². The van der Waals surface area contributed by atoms with E-state index in [2.05, 4.69) is 15.5 Å². The molecule has 0 bridgehead atoms. The van der Waals surface area contributed by atoms with Crippen LogP contribution in [0.25, 0.3) is 16.6 Å². The van der Waals surface area contributed by atoms with E-state index in [-0.39, 0.29) is 5.91 Å². The maximum absolute atomic E-state index is 12.7. The number of rotatable bonds is 5. The van der Waals surface area contributed by atoms with E-state index in [1.54, 1.807) is 32.2 Å². The molecule has 0 aliphatic carbocycles. The van der Waals surface area contributed by atoms with Gasteiger partial charge >= 0.3 is 0 Å². The Balaban J connectivity index is 1.63. The number of nitrogens with zero attached hydrogens (tertiary/aromatic N) is 4. The topological polar surface area (TPSA) is 92.3 Å². The number of nitrogens with one attached hydrogen (secondary N) is 1. The minimum atomic E-state index is -0.455. The Bertz CT molecular complexity index is 1360. The lowest BCUT2D eigenvalue weighted by Gasteiger charge is -2.13. The Labute approximate surface area is 188 Å². The predicted molar refractivity (Wildman–Crippen MR) is 122 cm³/mol. The van der Waals surface area contributed by atoms with Crippen molar-refractivity contribution in [1.82, 2.24) is 14.6 Å². The highest BCUT2D eigenvalue weighted by Gasteiger charge is 2.20. The third kappa shape index (κ3) is 4.02. The third-order valence-electron chi connectivity index (χ3n) is 4.88. The maximum Gasteiger partial charge on any atom is 0.237 e. The summed E-state index contributed by atoms with van der Waals surface area (Å²) in [5.74, 6) is 0.518. The fraction of sp³-hybridized carbons (Fsp3) is 0.182. The van der Waals surface area contributed by atoms with Gasteiger partial charge in [0.2, 0.25) is 5.91 Å². The molecule has 0 saturated heterocycles. The van der Waals surface area contributed by atoms with E-state index >= 15 is 0 Å². The summed E-state index contributed by atoms with van der Waals surface area (Å²) in [7, 11) is 1.62. The highest BCUT2D eigenvalue weighted by molar-refractivity contribution is 8.00. The largest absolute Gasteiger partial charge is 0.497 e. The van der Waals surface area contributed by atoms with Crippen molar-refractivity contribution in [2.75, 3.05) is 12.4 Å². The van der Waals surface area contributed by atoms with Gasteiger partial charge in [0, 0.05) is 17.1 Å². The van der Waals surface area contributed by atoms with Crippen molar-refractivity contribution in [3.63, 3.8) is 0 Å². The summed E-state index contributed by atoms with van der Waals surface area (Å²) in [4.78, 5) is 12.7. The van der Waals surface area contributed by atoms with Gasteiger partial charge in [0.15, 0.2) is 10.8 Å². The molecule has 4 aromatic rings. The number of pyridine rings is 1. The van der Waals surface area contributed by atoms with Crippen LogP contribution in [0.1, 0.15) is 18.1 Å². The molecule has 0 aliphatic rings. The second-order valence-electron chi connectivity index (χ2n) is 6.94. The Morgan fingerprint density at radius 1 is 1.26 bits per heavy atom. The van der Waals surface area contributed by atoms with E-state index in [4.69, 9.17) is 21.6 Å². The van der Waals surface area contributed by atoms with E-state index < -0.39 is 5.25 Å². The van der Waals surface area contributed by atoms with Crippen molar-refractivity contribution in [2.45, 2.75) is 24.3 Å². The van der Waals surface area contributed by atoms with E-state index in [0.29, 0.717) is 27.1 Å². The first-order chi connectivity index (χ1) is 14.9. The summed E-state index contributed by atoms with van der Waals surface area (Å²) in [6, 6.07) is 14.6. The number of hydrogen-bond donors (Lipinski definition) is 1. The number of methoxy groups -OCH3 is 1. The summed E-state index contributed by atoms with van der Waals surface area (Å²) in [6.07, 6.45) is 0. The lowest BCUT2D eigenvalue weighted by molar-refractivity contribution is -0.115. The van der Waals surface area contributed by atoms with E-state index in [0.717, 1.165) is 22.2 Å². The van der Waals surface area contributed by atoms with Crippen molar-refractivity contribution >= 4 is 51.5 Å². The summed E-state index contributed by atoms with van der Waals surface area (Å²) in [5, 5.41) is 21.9. The van der Waals surface area contributed by atoms with Crippen LogP contribution in [0.5, 0.6) is 5.75 Å². The summed E-state index contributed by atoms with van der Waals surface area (Å²) in [5.41, 5.74) is 3.58. The van der Waals surface area contributed by atoms with E-state index in [9.17, 15) is 4.79 Å². The number of anilines is 1. The van der Waals surface area contributed by atoms with Crippen molar-refractivity contribution in [3.05, 3.63) is 58.6 Å². The molecule has 31 heavy (non-hydrogen) atoms. The smallest absolute Gasteiger partial charge is 0.237 e. The van der Waals surface area contributed by atoms with Gasteiger partial charge in [-0.3, -0.25) is 9.20 Å². The summed E-state index contributed by atoms with van der Waals surface area (Å²) >= 11 is 7.36. The molecule has 1 atom stereocenters. The number of aromatic nitrogens is 3. The normalized spacial score (nSPS) is 12.0. The predicted octanol–water partition coefficient (Wildman–Crippen LogP) is 4.84. The molecule has 7 nitrogen and oxygen atoms in total. The highest BCUT2D eigenvalue weighted by Crippen LogP contribution is 2.30. The average molecular weight is 452 g/mol. The van der Waals surface area contributed by atoms with Crippen LogP contribution in [0, 0.1) is 18.3 Å². The van der Waals surface area contributed by atoms with Crippen LogP contribution in [0.2, 0.25) is 5.02 Å². The zero-order valence-corrected chi connectivity index (χ0v) is 18.6. The molecule has 2 aromatic carbocycles. The number of hydrogen-bond acceptors (Lipinski definition) is 6. The number of carbonyl (C=O) groups is 1. The SMILES string of the molecule is COc1ccc2c(C)cc3nnc(SC(C)C(=O)Nc4ccc(C#N)c(Cl)c4)n3c2c1. The first-order valence-corrected chi connectivity index (χ1v) is 10.7. The van der Waals surface area contributed by atoms with Crippen LogP contribution in [0.15, 0.2) is 47.6 Å². The molecule has 1 amide bonds. The van der Waals surface area contributed by atoms with Crippen LogP contribution in [-0.2, 0) is 4.79 Å². The summed E-state index contributed by atoms with van der Waals surface area (Å²) < 4.78 is 7.31. The van der Waals surface area contributed by atoms with E-state index in [1.807, 2.05) is 41.7 Å². The number of aryl methyl sites for hydroxylation is 1. The number of thioether (sulfide) groups is 1. The van der Waals surface area contributed by atoms with Crippen LogP contribution >= 0.6 is 23.4 Å². The molecule has 1 N–H and O–H groups in total. The van der Waals surface area contributed by atoms with Gasteiger partial charge in [-0.1, -0.05) is 23.4 Å². The molecular formula is C22H18ClN5O2S. The second kappa shape index (κ2) is 8.46. The van der Waals surface area contributed by atoms with Gasteiger partial charge in [0.1, 0.15) is 11.8 Å². The first-order valence-electron chi connectivity index (χ1n) is 9.41. The zero-order chi connectivity index (χ0) is 22.1. The number of fused-ring (bicyclic) bond motifs is 3. The van der Waals surface area contributed by atoms with Crippen LogP contribution in [0.4, 0.5) is 5.69 Å². The highest BCUT2D eigenvalue weighted by atomic mass is 35.5. The number of halogens is 1. The Kier molecular flexibility index (Phi) is 5.72. The molecule has 0 saturated carbocycles. The van der Waals surface area contributed by atoms with Crippen molar-refractivity contribution in [3.8, 4) is 11.8 Å². The van der Waals surface area contributed by atoms with Gasteiger partial charge in [0.05, 0.1) is 28.5 Å². The van der Waals surface area contributed by atoms with Gasteiger partial charge < -0.3 is 10.1 Å². The second-order valence-corrected chi connectivity index (χ2v) is 8.66. The third-order valence-corrected chi connectivity index (χ3v) is 6.24. The number of carbonyl (C=O) groups excluding carboxylic acids is 1. The van der Waals surface area contributed by atoms with Crippen LogP contribution < -0.4 is 10.1 Å². The van der Waals surface area contributed by atoms with Gasteiger partial charge in [-0.05, 0) is 55.8 Å². The Hall–Kier alpha value is -3.28. The average Bonchev–Trinajstić information content (AvgIpc) is 3.16. The maximum atomic E-state index is 12.7. The van der Waals surface area contributed by atoms with Gasteiger partial charge in [0.25, 0.3) is 0 Å². The van der Waals surface area contributed by atoms with Crippen molar-refractivity contribution in [2.24, 2.45) is 0 Å². The number of benzene rings is 2. The van der Waals surface area contributed by atoms with Crippen LogP contribution in [0.3, 0.4) is 0 Å². The number of ether oxygens (including phenoxy) is 1. The minimum absolute atomic E-state index is 0.212. The molecule has 156 valence electrons. The minimum Gasteiger partial charge on any atom is -0.497 e. The Morgan fingerprint density at radius 2 is 2.06 bits per heavy atom. The van der Waals surface area contributed by atoms with Gasteiger partial charge in [-0.15, -0.1) is 10.2 Å². The van der Waals surface area contributed by atoms with Crippen molar-refractivity contribution in [1.29, 1.82) is 5.26 Å². The van der Waals surface area contributed by atoms with Crippen molar-refractivity contribution < 1.29 is 9.53 Å². The molecule has 0 aliphatic heterocycles. The molecule has 1 unspecified atom stereocenters. The molecule has 0 radical (unpaired) electrons. The van der Waals surface area contributed by atoms with Gasteiger partial charge in [-0.25, -0.2) is 0 Å². The standard InChI is InChI=1S/C22H18ClN5O2S/c1-12-8-20-26-27-22(28(20)19-10-16(30-3)6-7-17(12)19)31-13(2)21(29)25-15-5-4-14(11-24)18(23)9-15/h4-10,13H,1-3H3,(H,25,29). The fourth-order valence-corrected chi connectivity index (χ4v) is 4.34. The molecule has 4 rings (SSSR count). The summed E-state index contributed by atoms with van der Waals surface area (Å²) in [6.45, 7) is 3.82. The van der Waals surface area contributed by atoms with E-state index in [1.165, 1.54) is 11.8 Å². The molecule has 2 aromatic heterocycles. The first kappa shape index (κ1) is 21.0. The number of amides is 1. The molecule has 0 fully saturated rings. The lowest BCUT2D eigenvalue weighted by Crippen LogP contribution is -2.22. The molecule has 0 spiro atoms. The van der Waals surface area contributed by atoms with Crippen LogP contribution in [-0.4, -0.2) is 32.9 Å². The quantitative estimate of drug-likeness (QED) is 0.436. The molecule has 9 heteroatoms. The zero-order valence-electron chi connectivity index (χ0n) is 17.0. The monoisotopic (exact) mass is 451 g/mol.